The summed E-state index contributed by atoms with van der Waals surface area (Å²) in [4.78, 5) is 22.3. The highest BCUT2D eigenvalue weighted by Crippen LogP contribution is 2.12. The number of ether oxygens (including phenoxy) is 1. The van der Waals surface area contributed by atoms with Crippen LogP contribution in [0.3, 0.4) is 0 Å². The minimum absolute atomic E-state index is 0.0914. The normalized spacial score (nSPS) is 12.6. The highest BCUT2D eigenvalue weighted by Gasteiger charge is 2.14. The van der Waals surface area contributed by atoms with Crippen LogP contribution < -0.4 is 0 Å². The van der Waals surface area contributed by atoms with E-state index in [1.54, 1.807) is 0 Å². The van der Waals surface area contributed by atoms with Gasteiger partial charge in [0.05, 0.1) is 7.11 Å². The summed E-state index contributed by atoms with van der Waals surface area (Å²) in [7, 11) is 1.37. The lowest BCUT2D eigenvalue weighted by Gasteiger charge is -2.09. The Morgan fingerprint density at radius 1 is 1.07 bits per heavy atom. The van der Waals surface area contributed by atoms with Crippen molar-refractivity contribution in [3.05, 3.63) is 0 Å². The summed E-state index contributed by atoms with van der Waals surface area (Å²) in [6.07, 6.45) is 1.42. The van der Waals surface area contributed by atoms with Gasteiger partial charge in [-0.2, -0.15) is 0 Å². The van der Waals surface area contributed by atoms with Gasteiger partial charge in [0, 0.05) is 19.3 Å². The highest BCUT2D eigenvalue weighted by atomic mass is 16.5. The van der Waals surface area contributed by atoms with Crippen LogP contribution in [-0.4, -0.2) is 18.9 Å². The fourth-order valence-electron chi connectivity index (χ4n) is 1.37. The number of ketones is 1. The molecule has 0 aliphatic rings. The first-order valence-corrected chi connectivity index (χ1v) is 5.04. The minimum Gasteiger partial charge on any atom is -0.469 e. The molecule has 82 valence electrons. The molecule has 3 nitrogen and oxygen atoms in total. The summed E-state index contributed by atoms with van der Waals surface area (Å²) >= 11 is 0. The molecule has 0 radical (unpaired) electrons. The summed E-state index contributed by atoms with van der Waals surface area (Å²) in [6, 6.07) is 0. The Bertz CT molecular complexity index is 197. The molecule has 1 unspecified atom stereocenters. The summed E-state index contributed by atoms with van der Waals surface area (Å²) < 4.78 is 4.53. The van der Waals surface area contributed by atoms with E-state index in [0.717, 1.165) is 0 Å². The van der Waals surface area contributed by atoms with Crippen molar-refractivity contribution in [2.45, 2.75) is 40.0 Å². The van der Waals surface area contributed by atoms with E-state index < -0.39 is 0 Å². The topological polar surface area (TPSA) is 43.4 Å². The van der Waals surface area contributed by atoms with Crippen LogP contribution in [0.15, 0.2) is 0 Å². The molecule has 0 fully saturated rings. The Morgan fingerprint density at radius 2 is 1.64 bits per heavy atom. The second-order valence-corrected chi connectivity index (χ2v) is 4.23. The summed E-state index contributed by atoms with van der Waals surface area (Å²) in [5.74, 6) is 0.479. The maximum atomic E-state index is 11.4. The second-order valence-electron chi connectivity index (χ2n) is 4.23. The molecule has 0 aromatic carbocycles. The summed E-state index contributed by atoms with van der Waals surface area (Å²) in [6.45, 7) is 5.93. The molecule has 0 aromatic rings. The van der Waals surface area contributed by atoms with Crippen LogP contribution in [0, 0.1) is 11.8 Å². The Kier molecular flexibility index (Phi) is 6.17. The Balaban J connectivity index is 3.76. The number of rotatable bonds is 6. The molecule has 0 heterocycles. The van der Waals surface area contributed by atoms with Gasteiger partial charge in [-0.1, -0.05) is 20.8 Å². The summed E-state index contributed by atoms with van der Waals surface area (Å²) in [5.41, 5.74) is 0. The molecule has 0 aliphatic carbocycles. The maximum absolute atomic E-state index is 11.4. The van der Waals surface area contributed by atoms with Crippen LogP contribution in [0.4, 0.5) is 0 Å². The largest absolute Gasteiger partial charge is 0.469 e. The van der Waals surface area contributed by atoms with E-state index in [-0.39, 0.29) is 17.7 Å². The fraction of sp³-hybridized carbons (Fsp3) is 0.818. The standard InChI is InChI=1S/C11H20O3/c1-8(2)5-10(12)6-9(3)7-11(13)14-4/h8-9H,5-7H2,1-4H3. The van der Waals surface area contributed by atoms with Crippen LogP contribution >= 0.6 is 0 Å². The van der Waals surface area contributed by atoms with Gasteiger partial charge in [-0.05, 0) is 11.8 Å². The van der Waals surface area contributed by atoms with Gasteiger partial charge in [0.25, 0.3) is 0 Å². The Hall–Kier alpha value is -0.860. The zero-order valence-corrected chi connectivity index (χ0v) is 9.50. The van der Waals surface area contributed by atoms with Crippen molar-refractivity contribution >= 4 is 11.8 Å². The molecule has 0 rings (SSSR count). The van der Waals surface area contributed by atoms with Crippen LogP contribution in [-0.2, 0) is 14.3 Å². The third-order valence-corrected chi connectivity index (χ3v) is 1.95. The van der Waals surface area contributed by atoms with Gasteiger partial charge in [0.15, 0.2) is 0 Å². The molecule has 0 bridgehead atoms. The van der Waals surface area contributed by atoms with E-state index >= 15 is 0 Å². The third-order valence-electron chi connectivity index (χ3n) is 1.95. The molecule has 3 heteroatoms. The van der Waals surface area contributed by atoms with Gasteiger partial charge in [0.1, 0.15) is 5.78 Å². The summed E-state index contributed by atoms with van der Waals surface area (Å²) in [5, 5.41) is 0. The molecule has 0 aliphatic heterocycles. The number of carbonyl (C=O) groups excluding carboxylic acids is 2. The van der Waals surface area contributed by atoms with E-state index in [2.05, 4.69) is 4.74 Å². The van der Waals surface area contributed by atoms with Gasteiger partial charge in [-0.15, -0.1) is 0 Å². The average molecular weight is 200 g/mol. The van der Waals surface area contributed by atoms with E-state index in [0.29, 0.717) is 25.2 Å². The van der Waals surface area contributed by atoms with Gasteiger partial charge >= 0.3 is 5.97 Å². The minimum atomic E-state index is -0.241. The number of hydrogen-bond donors (Lipinski definition) is 0. The van der Waals surface area contributed by atoms with Gasteiger partial charge in [-0.3, -0.25) is 9.59 Å². The van der Waals surface area contributed by atoms with Gasteiger partial charge < -0.3 is 4.74 Å². The first-order chi connectivity index (χ1) is 6.45. The first kappa shape index (κ1) is 13.1. The molecule has 0 amide bonds. The number of Topliss-reactive ketones (excluding diaryl/α,β-unsaturated/α-hetero) is 1. The zero-order valence-electron chi connectivity index (χ0n) is 9.50. The highest BCUT2D eigenvalue weighted by molar-refractivity contribution is 5.79. The fourth-order valence-corrected chi connectivity index (χ4v) is 1.37. The van der Waals surface area contributed by atoms with E-state index in [4.69, 9.17) is 0 Å². The van der Waals surface area contributed by atoms with Crippen LogP contribution in [0.1, 0.15) is 40.0 Å². The van der Waals surface area contributed by atoms with Crippen LogP contribution in [0.25, 0.3) is 0 Å². The molecule has 0 saturated carbocycles. The molecule has 0 N–H and O–H groups in total. The third kappa shape index (κ3) is 6.63. The van der Waals surface area contributed by atoms with Crippen LogP contribution in [0.2, 0.25) is 0 Å². The van der Waals surface area contributed by atoms with Crippen molar-refractivity contribution in [2.24, 2.45) is 11.8 Å². The van der Waals surface area contributed by atoms with E-state index in [9.17, 15) is 9.59 Å². The number of esters is 1. The molecule has 14 heavy (non-hydrogen) atoms. The van der Waals surface area contributed by atoms with Crippen molar-refractivity contribution in [2.75, 3.05) is 7.11 Å². The monoisotopic (exact) mass is 200 g/mol. The second kappa shape index (κ2) is 6.57. The molecule has 0 spiro atoms. The van der Waals surface area contributed by atoms with Crippen molar-refractivity contribution in [3.63, 3.8) is 0 Å². The average Bonchev–Trinajstić information content (AvgIpc) is 2.01. The Labute approximate surface area is 85.8 Å². The molecule has 0 saturated heterocycles. The predicted molar refractivity (Wildman–Crippen MR) is 54.9 cm³/mol. The number of hydrogen-bond acceptors (Lipinski definition) is 3. The molecular formula is C11H20O3. The van der Waals surface area contributed by atoms with Crippen molar-refractivity contribution in [1.29, 1.82) is 0 Å². The maximum Gasteiger partial charge on any atom is 0.305 e. The SMILES string of the molecule is COC(=O)CC(C)CC(=O)CC(C)C. The van der Waals surface area contributed by atoms with Crippen molar-refractivity contribution < 1.29 is 14.3 Å². The van der Waals surface area contributed by atoms with E-state index in [1.807, 2.05) is 20.8 Å². The lowest BCUT2D eigenvalue weighted by atomic mass is 9.96. The van der Waals surface area contributed by atoms with Crippen molar-refractivity contribution in [1.82, 2.24) is 0 Å². The zero-order chi connectivity index (χ0) is 11.1. The van der Waals surface area contributed by atoms with Crippen LogP contribution in [0.5, 0.6) is 0 Å². The number of carbonyl (C=O) groups is 2. The smallest absolute Gasteiger partial charge is 0.305 e. The predicted octanol–water partition coefficient (Wildman–Crippen LogP) is 2.19. The van der Waals surface area contributed by atoms with E-state index in [1.165, 1.54) is 7.11 Å². The van der Waals surface area contributed by atoms with Gasteiger partial charge in [0.2, 0.25) is 0 Å². The lowest BCUT2D eigenvalue weighted by molar-refractivity contribution is -0.141. The Morgan fingerprint density at radius 3 is 2.07 bits per heavy atom. The molecule has 0 aromatic heterocycles. The van der Waals surface area contributed by atoms with Crippen molar-refractivity contribution in [3.8, 4) is 0 Å². The lowest BCUT2D eigenvalue weighted by Crippen LogP contribution is -2.12. The quantitative estimate of drug-likeness (QED) is 0.617. The number of methoxy groups -OCH3 is 1. The molecule has 1 atom stereocenters. The van der Waals surface area contributed by atoms with Gasteiger partial charge in [-0.25, -0.2) is 0 Å². The molecular weight excluding hydrogens is 180 g/mol. The first-order valence-electron chi connectivity index (χ1n) is 5.04.